The highest BCUT2D eigenvalue weighted by Crippen LogP contribution is 2.42. The van der Waals surface area contributed by atoms with Crippen LogP contribution in [-0.4, -0.2) is 36.3 Å². The van der Waals surface area contributed by atoms with E-state index in [1.54, 1.807) is 7.05 Å². The van der Waals surface area contributed by atoms with Crippen molar-refractivity contribution in [2.45, 2.75) is 26.5 Å². The van der Waals surface area contributed by atoms with Crippen LogP contribution in [0.3, 0.4) is 0 Å². The van der Waals surface area contributed by atoms with Crippen LogP contribution >= 0.6 is 11.3 Å². The van der Waals surface area contributed by atoms with Gasteiger partial charge >= 0.3 is 0 Å². The van der Waals surface area contributed by atoms with E-state index >= 15 is 0 Å². The van der Waals surface area contributed by atoms with E-state index in [2.05, 4.69) is 5.32 Å². The van der Waals surface area contributed by atoms with Crippen LogP contribution < -0.4 is 10.1 Å². The standard InChI is InChI=1S/C18H20N2O3S/c1-11(2)19-16(21)9-20(3)18(22)15-8-12-10-23-14-7-5-4-6-13(14)17(12)24-15/h4-8,11H,9-10H2,1-3H3,(H,19,21). The van der Waals surface area contributed by atoms with Crippen LogP contribution in [0.5, 0.6) is 5.75 Å². The van der Waals surface area contributed by atoms with Gasteiger partial charge in [0.25, 0.3) is 5.91 Å². The number of fused-ring (bicyclic) bond motifs is 3. The van der Waals surface area contributed by atoms with Crippen LogP contribution in [0.25, 0.3) is 10.4 Å². The van der Waals surface area contributed by atoms with E-state index in [1.165, 1.54) is 16.2 Å². The monoisotopic (exact) mass is 344 g/mol. The molecule has 0 saturated heterocycles. The molecule has 0 saturated carbocycles. The Hall–Kier alpha value is -2.34. The lowest BCUT2D eigenvalue weighted by Crippen LogP contribution is -2.40. The summed E-state index contributed by atoms with van der Waals surface area (Å²) in [6.45, 7) is 4.30. The van der Waals surface area contributed by atoms with E-state index in [1.807, 2.05) is 44.2 Å². The summed E-state index contributed by atoms with van der Waals surface area (Å²) in [5, 5.41) is 2.79. The number of amides is 2. The number of hydrogen-bond acceptors (Lipinski definition) is 4. The summed E-state index contributed by atoms with van der Waals surface area (Å²) in [4.78, 5) is 27.6. The van der Waals surface area contributed by atoms with Gasteiger partial charge in [0.05, 0.1) is 11.4 Å². The molecule has 6 heteroatoms. The van der Waals surface area contributed by atoms with Crippen LogP contribution in [0, 0.1) is 0 Å². The molecule has 126 valence electrons. The van der Waals surface area contributed by atoms with Crippen LogP contribution in [0.2, 0.25) is 0 Å². The van der Waals surface area contributed by atoms with E-state index in [0.717, 1.165) is 21.8 Å². The highest BCUT2D eigenvalue weighted by Gasteiger charge is 2.24. The molecule has 1 N–H and O–H groups in total. The van der Waals surface area contributed by atoms with Gasteiger partial charge < -0.3 is 15.0 Å². The van der Waals surface area contributed by atoms with Gasteiger partial charge in [0.1, 0.15) is 12.4 Å². The zero-order valence-corrected chi connectivity index (χ0v) is 14.8. The second-order valence-electron chi connectivity index (χ2n) is 6.13. The molecule has 0 spiro atoms. The van der Waals surface area contributed by atoms with Crippen molar-refractivity contribution in [3.05, 3.63) is 40.8 Å². The molecule has 0 aliphatic carbocycles. The highest BCUT2D eigenvalue weighted by atomic mass is 32.1. The van der Waals surface area contributed by atoms with E-state index in [9.17, 15) is 9.59 Å². The van der Waals surface area contributed by atoms with E-state index in [4.69, 9.17) is 4.74 Å². The van der Waals surface area contributed by atoms with Crippen LogP contribution in [-0.2, 0) is 11.4 Å². The molecule has 1 aliphatic heterocycles. The molecule has 0 unspecified atom stereocenters. The lowest BCUT2D eigenvalue weighted by molar-refractivity contribution is -0.122. The van der Waals surface area contributed by atoms with E-state index in [0.29, 0.717) is 11.5 Å². The maximum absolute atomic E-state index is 12.6. The predicted molar refractivity (Wildman–Crippen MR) is 94.3 cm³/mol. The summed E-state index contributed by atoms with van der Waals surface area (Å²) in [5.74, 6) is 0.539. The first-order chi connectivity index (χ1) is 11.5. The second kappa shape index (κ2) is 6.65. The van der Waals surface area contributed by atoms with Crippen molar-refractivity contribution >= 4 is 23.2 Å². The summed E-state index contributed by atoms with van der Waals surface area (Å²) >= 11 is 1.45. The van der Waals surface area contributed by atoms with Gasteiger partial charge in [-0.05, 0) is 32.0 Å². The number of ether oxygens (including phenoxy) is 1. The second-order valence-corrected chi connectivity index (χ2v) is 7.19. The molecule has 24 heavy (non-hydrogen) atoms. The van der Waals surface area contributed by atoms with Crippen LogP contribution in [0.1, 0.15) is 29.1 Å². The fraction of sp³-hybridized carbons (Fsp3) is 0.333. The number of carbonyl (C=O) groups is 2. The maximum Gasteiger partial charge on any atom is 0.264 e. The van der Waals surface area contributed by atoms with E-state index < -0.39 is 0 Å². The quantitative estimate of drug-likeness (QED) is 0.928. The molecule has 0 radical (unpaired) electrons. The maximum atomic E-state index is 12.6. The molecule has 0 fully saturated rings. The number of hydrogen-bond donors (Lipinski definition) is 1. The van der Waals surface area contributed by atoms with Crippen molar-refractivity contribution in [3.63, 3.8) is 0 Å². The van der Waals surface area contributed by atoms with Crippen molar-refractivity contribution in [2.24, 2.45) is 0 Å². The average molecular weight is 344 g/mol. The summed E-state index contributed by atoms with van der Waals surface area (Å²) in [5.41, 5.74) is 2.03. The molecule has 1 aromatic heterocycles. The van der Waals surface area contributed by atoms with Crippen LogP contribution in [0.4, 0.5) is 0 Å². The third kappa shape index (κ3) is 3.28. The number of rotatable bonds is 4. The smallest absolute Gasteiger partial charge is 0.264 e. The SMILES string of the molecule is CC(C)NC(=O)CN(C)C(=O)c1cc2c(s1)-c1ccccc1OC2. The number of carbonyl (C=O) groups excluding carboxylic acids is 2. The van der Waals surface area contributed by atoms with Gasteiger partial charge in [-0.1, -0.05) is 12.1 Å². The Kier molecular flexibility index (Phi) is 4.57. The number of thiophene rings is 1. The minimum Gasteiger partial charge on any atom is -0.488 e. The molecule has 2 aromatic rings. The van der Waals surface area contributed by atoms with Crippen molar-refractivity contribution < 1.29 is 14.3 Å². The van der Waals surface area contributed by atoms with Crippen molar-refractivity contribution in [3.8, 4) is 16.2 Å². The average Bonchev–Trinajstić information content (AvgIpc) is 2.97. The third-order valence-electron chi connectivity index (χ3n) is 3.71. The number of nitrogens with zero attached hydrogens (tertiary/aromatic N) is 1. The zero-order valence-electron chi connectivity index (χ0n) is 14.0. The molecular weight excluding hydrogens is 324 g/mol. The van der Waals surface area contributed by atoms with Gasteiger partial charge in [-0.3, -0.25) is 9.59 Å². The molecule has 2 amide bonds. The first-order valence-corrected chi connectivity index (χ1v) is 8.67. The fourth-order valence-electron chi connectivity index (χ4n) is 2.65. The Bertz CT molecular complexity index is 782. The number of para-hydroxylation sites is 1. The van der Waals surface area contributed by atoms with Crippen molar-refractivity contribution in [1.29, 1.82) is 0 Å². The summed E-state index contributed by atoms with van der Waals surface area (Å²) in [7, 11) is 1.64. The fourth-order valence-corrected chi connectivity index (χ4v) is 3.84. The number of nitrogens with one attached hydrogen (secondary N) is 1. The topological polar surface area (TPSA) is 58.6 Å². The molecule has 0 bridgehead atoms. The zero-order chi connectivity index (χ0) is 17.3. The van der Waals surface area contributed by atoms with Gasteiger partial charge in [0, 0.05) is 29.1 Å². The molecular formula is C18H20N2O3S. The van der Waals surface area contributed by atoms with Gasteiger partial charge in [0.2, 0.25) is 5.91 Å². The van der Waals surface area contributed by atoms with E-state index in [-0.39, 0.29) is 24.4 Å². The Morgan fingerprint density at radius 1 is 1.33 bits per heavy atom. The predicted octanol–water partition coefficient (Wildman–Crippen LogP) is 2.90. The first kappa shape index (κ1) is 16.5. The summed E-state index contributed by atoms with van der Waals surface area (Å²) in [6.07, 6.45) is 0. The summed E-state index contributed by atoms with van der Waals surface area (Å²) in [6, 6.07) is 9.75. The molecule has 1 aliphatic rings. The van der Waals surface area contributed by atoms with Gasteiger partial charge in [-0.15, -0.1) is 11.3 Å². The lowest BCUT2D eigenvalue weighted by Gasteiger charge is -2.17. The van der Waals surface area contributed by atoms with Crippen molar-refractivity contribution in [1.82, 2.24) is 10.2 Å². The third-order valence-corrected chi connectivity index (χ3v) is 4.91. The minimum atomic E-state index is -0.157. The molecule has 3 rings (SSSR count). The Morgan fingerprint density at radius 2 is 2.08 bits per heavy atom. The van der Waals surface area contributed by atoms with Gasteiger partial charge in [-0.25, -0.2) is 0 Å². The van der Waals surface area contributed by atoms with Crippen molar-refractivity contribution in [2.75, 3.05) is 13.6 Å². The number of likely N-dealkylation sites (N-methyl/N-ethyl adjacent to an activating group) is 1. The molecule has 1 aromatic carbocycles. The van der Waals surface area contributed by atoms with Crippen LogP contribution in [0.15, 0.2) is 30.3 Å². The lowest BCUT2D eigenvalue weighted by atomic mass is 10.1. The van der Waals surface area contributed by atoms with Gasteiger partial charge in [0.15, 0.2) is 0 Å². The Morgan fingerprint density at radius 3 is 2.83 bits per heavy atom. The normalized spacial score (nSPS) is 12.2. The summed E-state index contributed by atoms with van der Waals surface area (Å²) < 4.78 is 5.73. The minimum absolute atomic E-state index is 0.0483. The number of benzene rings is 1. The molecule has 0 atom stereocenters. The van der Waals surface area contributed by atoms with Gasteiger partial charge in [-0.2, -0.15) is 0 Å². The molecule has 5 nitrogen and oxygen atoms in total. The Labute approximate surface area is 145 Å². The first-order valence-electron chi connectivity index (χ1n) is 7.85. The molecule has 2 heterocycles. The Balaban J connectivity index is 1.78. The highest BCUT2D eigenvalue weighted by molar-refractivity contribution is 7.17. The largest absolute Gasteiger partial charge is 0.488 e.